The minimum Gasteiger partial charge on any atom is -0.349 e. The van der Waals surface area contributed by atoms with Crippen LogP contribution in [0.1, 0.15) is 17.8 Å². The second-order valence-electron chi connectivity index (χ2n) is 6.74. The van der Waals surface area contributed by atoms with Crippen LogP contribution in [0.4, 0.5) is 0 Å². The molecule has 7 heteroatoms. The van der Waals surface area contributed by atoms with Gasteiger partial charge >= 0.3 is 0 Å². The molecule has 1 saturated heterocycles. The van der Waals surface area contributed by atoms with Crippen molar-refractivity contribution in [2.45, 2.75) is 19.4 Å². The summed E-state index contributed by atoms with van der Waals surface area (Å²) in [5, 5.41) is 11.9. The van der Waals surface area contributed by atoms with Crippen LogP contribution in [0.15, 0.2) is 59.7 Å². The summed E-state index contributed by atoms with van der Waals surface area (Å²) >= 11 is 0. The molecule has 3 aromatic rings. The molecule has 2 aromatic heterocycles. The molecule has 0 amide bonds. The predicted octanol–water partition coefficient (Wildman–Crippen LogP) is 2.99. The van der Waals surface area contributed by atoms with Crippen molar-refractivity contribution in [3.8, 4) is 0 Å². The number of hydrogen-bond donors (Lipinski definition) is 1. The van der Waals surface area contributed by atoms with Crippen molar-refractivity contribution in [1.29, 1.82) is 0 Å². The summed E-state index contributed by atoms with van der Waals surface area (Å²) in [7, 11) is 1.84. The molecule has 1 aliphatic heterocycles. The quantitative estimate of drug-likeness (QED) is 0.358. The first kappa shape index (κ1) is 19.6. The van der Waals surface area contributed by atoms with Gasteiger partial charge in [0.15, 0.2) is 17.4 Å². The smallest absolute Gasteiger partial charge is 0.194 e. The minimum absolute atomic E-state index is 0. The van der Waals surface area contributed by atoms with Gasteiger partial charge in [-0.15, -0.1) is 34.2 Å². The molecular weight excluding hydrogens is 451 g/mol. The van der Waals surface area contributed by atoms with Gasteiger partial charge in [0.1, 0.15) is 0 Å². The van der Waals surface area contributed by atoms with Gasteiger partial charge in [-0.1, -0.05) is 36.4 Å². The Kier molecular flexibility index (Phi) is 6.65. The standard InChI is InChI=1S/C20H24N6.HI/c1-21-20(22-14-19-24-23-18-9-5-6-11-26(18)19)25-12-10-17(15-25)13-16-7-3-2-4-8-16;/h2-9,11,17H,10,12-15H2,1H3,(H,21,22);1H. The molecule has 1 N–H and O–H groups in total. The number of aromatic nitrogens is 3. The Morgan fingerprint density at radius 3 is 2.78 bits per heavy atom. The first-order valence-electron chi connectivity index (χ1n) is 9.11. The van der Waals surface area contributed by atoms with E-state index in [-0.39, 0.29) is 24.0 Å². The van der Waals surface area contributed by atoms with Crippen molar-refractivity contribution in [1.82, 2.24) is 24.8 Å². The van der Waals surface area contributed by atoms with Gasteiger partial charge in [-0.05, 0) is 36.5 Å². The van der Waals surface area contributed by atoms with Gasteiger partial charge in [0.2, 0.25) is 0 Å². The van der Waals surface area contributed by atoms with Crippen LogP contribution in [0.5, 0.6) is 0 Å². The van der Waals surface area contributed by atoms with E-state index in [0.29, 0.717) is 12.5 Å². The van der Waals surface area contributed by atoms with Crippen LogP contribution in [0.3, 0.4) is 0 Å². The van der Waals surface area contributed by atoms with E-state index in [9.17, 15) is 0 Å². The van der Waals surface area contributed by atoms with Crippen LogP contribution < -0.4 is 5.32 Å². The van der Waals surface area contributed by atoms with Gasteiger partial charge in [0.25, 0.3) is 0 Å². The molecule has 0 saturated carbocycles. The molecule has 0 radical (unpaired) electrons. The number of rotatable bonds is 4. The normalized spacial score (nSPS) is 17.1. The van der Waals surface area contributed by atoms with Crippen LogP contribution in [-0.2, 0) is 13.0 Å². The summed E-state index contributed by atoms with van der Waals surface area (Å²) in [4.78, 5) is 6.81. The maximum Gasteiger partial charge on any atom is 0.194 e. The van der Waals surface area contributed by atoms with Crippen molar-refractivity contribution in [2.24, 2.45) is 10.9 Å². The molecular formula is C20H25IN6. The summed E-state index contributed by atoms with van der Waals surface area (Å²) < 4.78 is 2.00. The molecule has 6 nitrogen and oxygen atoms in total. The minimum atomic E-state index is 0. The van der Waals surface area contributed by atoms with Gasteiger partial charge in [-0.25, -0.2) is 0 Å². The number of hydrogen-bond acceptors (Lipinski definition) is 3. The van der Waals surface area contributed by atoms with Gasteiger partial charge in [-0.2, -0.15) is 0 Å². The molecule has 27 heavy (non-hydrogen) atoms. The molecule has 0 aliphatic carbocycles. The summed E-state index contributed by atoms with van der Waals surface area (Å²) in [6.07, 6.45) is 4.31. The second kappa shape index (κ2) is 9.16. The first-order chi connectivity index (χ1) is 12.8. The zero-order valence-corrected chi connectivity index (χ0v) is 17.8. The fraction of sp³-hybridized carbons (Fsp3) is 0.350. The van der Waals surface area contributed by atoms with Crippen molar-refractivity contribution >= 4 is 35.6 Å². The molecule has 0 bridgehead atoms. The largest absolute Gasteiger partial charge is 0.349 e. The summed E-state index contributed by atoms with van der Waals surface area (Å²) in [5.41, 5.74) is 2.28. The zero-order valence-electron chi connectivity index (χ0n) is 15.5. The molecule has 1 atom stereocenters. The number of nitrogens with zero attached hydrogens (tertiary/aromatic N) is 5. The van der Waals surface area contributed by atoms with Crippen molar-refractivity contribution in [3.63, 3.8) is 0 Å². The number of halogens is 1. The van der Waals surface area contributed by atoms with Crippen molar-refractivity contribution in [2.75, 3.05) is 20.1 Å². The molecule has 3 heterocycles. The van der Waals surface area contributed by atoms with Crippen LogP contribution in [-0.4, -0.2) is 45.6 Å². The Balaban J connectivity index is 0.00000210. The van der Waals surface area contributed by atoms with Gasteiger partial charge < -0.3 is 10.2 Å². The third-order valence-corrected chi connectivity index (χ3v) is 4.95. The van der Waals surface area contributed by atoms with Gasteiger partial charge in [0.05, 0.1) is 6.54 Å². The number of nitrogens with one attached hydrogen (secondary N) is 1. The monoisotopic (exact) mass is 476 g/mol. The average Bonchev–Trinajstić information content (AvgIpc) is 3.31. The molecule has 1 unspecified atom stereocenters. The SMILES string of the molecule is CN=C(NCc1nnc2ccccn12)N1CCC(Cc2ccccc2)C1.I. The number of guanidine groups is 1. The summed E-state index contributed by atoms with van der Waals surface area (Å²) in [6.45, 7) is 2.69. The van der Waals surface area contributed by atoms with E-state index in [0.717, 1.165) is 36.9 Å². The van der Waals surface area contributed by atoms with E-state index in [1.165, 1.54) is 12.0 Å². The maximum absolute atomic E-state index is 4.47. The van der Waals surface area contributed by atoms with Gasteiger partial charge in [-0.3, -0.25) is 9.39 Å². The highest BCUT2D eigenvalue weighted by atomic mass is 127. The Morgan fingerprint density at radius 2 is 1.96 bits per heavy atom. The first-order valence-corrected chi connectivity index (χ1v) is 9.11. The highest BCUT2D eigenvalue weighted by molar-refractivity contribution is 14.0. The highest BCUT2D eigenvalue weighted by Crippen LogP contribution is 2.21. The third kappa shape index (κ3) is 4.58. The number of fused-ring (bicyclic) bond motifs is 1. The second-order valence-corrected chi connectivity index (χ2v) is 6.74. The molecule has 4 rings (SSSR count). The molecule has 0 spiro atoms. The summed E-state index contributed by atoms with van der Waals surface area (Å²) in [6, 6.07) is 16.7. The molecule has 142 valence electrons. The van der Waals surface area contributed by atoms with Crippen LogP contribution in [0, 0.1) is 5.92 Å². The fourth-order valence-electron chi connectivity index (χ4n) is 3.64. The van der Waals surface area contributed by atoms with E-state index in [4.69, 9.17) is 0 Å². The fourth-order valence-corrected chi connectivity index (χ4v) is 3.64. The van der Waals surface area contributed by atoms with Crippen LogP contribution >= 0.6 is 24.0 Å². The zero-order chi connectivity index (χ0) is 17.8. The van der Waals surface area contributed by atoms with Crippen molar-refractivity contribution < 1.29 is 0 Å². The number of likely N-dealkylation sites (tertiary alicyclic amines) is 1. The highest BCUT2D eigenvalue weighted by Gasteiger charge is 2.25. The number of benzene rings is 1. The predicted molar refractivity (Wildman–Crippen MR) is 118 cm³/mol. The number of pyridine rings is 1. The molecule has 1 aliphatic rings. The lowest BCUT2D eigenvalue weighted by atomic mass is 9.99. The lowest BCUT2D eigenvalue weighted by Gasteiger charge is -2.21. The van der Waals surface area contributed by atoms with Gasteiger partial charge in [0, 0.05) is 26.3 Å². The number of aliphatic imine (C=N–C) groups is 1. The van der Waals surface area contributed by atoms with E-state index < -0.39 is 0 Å². The lowest BCUT2D eigenvalue weighted by molar-refractivity contribution is 0.458. The topological polar surface area (TPSA) is 57.8 Å². The van der Waals surface area contributed by atoms with Crippen molar-refractivity contribution in [3.05, 3.63) is 66.1 Å². The van der Waals surface area contributed by atoms with E-state index >= 15 is 0 Å². The average molecular weight is 476 g/mol. The van der Waals surface area contributed by atoms with E-state index in [1.807, 2.05) is 35.8 Å². The molecule has 1 aromatic carbocycles. The lowest BCUT2D eigenvalue weighted by Crippen LogP contribution is -2.40. The Morgan fingerprint density at radius 1 is 1.15 bits per heavy atom. The van der Waals surface area contributed by atoms with Crippen LogP contribution in [0.25, 0.3) is 5.65 Å². The molecule has 1 fully saturated rings. The van der Waals surface area contributed by atoms with Crippen LogP contribution in [0.2, 0.25) is 0 Å². The maximum atomic E-state index is 4.47. The van der Waals surface area contributed by atoms with E-state index in [1.54, 1.807) is 0 Å². The third-order valence-electron chi connectivity index (χ3n) is 4.95. The Bertz CT molecular complexity index is 892. The Labute approximate surface area is 176 Å². The summed E-state index contributed by atoms with van der Waals surface area (Å²) in [5.74, 6) is 2.50. The Hall–Kier alpha value is -2.16. The van der Waals surface area contributed by atoms with E-state index in [2.05, 4.69) is 55.7 Å².